The summed E-state index contributed by atoms with van der Waals surface area (Å²) in [7, 11) is 1.92. The Kier molecular flexibility index (Phi) is 6.84. The fourth-order valence-electron chi connectivity index (χ4n) is 2.88. The molecule has 1 N–H and O–H groups in total. The third kappa shape index (κ3) is 4.96. The summed E-state index contributed by atoms with van der Waals surface area (Å²) in [5.41, 5.74) is 0. The van der Waals surface area contributed by atoms with Crippen LogP contribution in [0.2, 0.25) is 0 Å². The lowest BCUT2D eigenvalue weighted by molar-refractivity contribution is 0.0751. The van der Waals surface area contributed by atoms with Crippen molar-refractivity contribution in [2.24, 2.45) is 5.92 Å². The van der Waals surface area contributed by atoms with E-state index in [1.54, 1.807) is 24.3 Å². The second-order valence-electron chi connectivity index (χ2n) is 5.97. The lowest BCUT2D eigenvalue weighted by Gasteiger charge is -2.14. The lowest BCUT2D eigenvalue weighted by atomic mass is 10.1. The molecule has 1 aromatic heterocycles. The molecule has 136 valence electrons. The van der Waals surface area contributed by atoms with Crippen LogP contribution >= 0.6 is 12.4 Å². The Balaban J connectivity index is 0.00000225. The van der Waals surface area contributed by atoms with Crippen LogP contribution in [0.15, 0.2) is 40.8 Å². The standard InChI is InChI=1S/C18H21FN2O3.ClH/c1-20-10-13-8-9-21(11-13)18(22)17-7-6-16(24-17)12-23-15-4-2-14(19)3-5-15;/h2-7,13,20H,8-12H2,1H3;1H. The van der Waals surface area contributed by atoms with E-state index in [0.29, 0.717) is 23.2 Å². The van der Waals surface area contributed by atoms with Crippen molar-refractivity contribution in [3.63, 3.8) is 0 Å². The van der Waals surface area contributed by atoms with Crippen LogP contribution in [0.3, 0.4) is 0 Å². The zero-order valence-electron chi connectivity index (χ0n) is 14.0. The van der Waals surface area contributed by atoms with Gasteiger partial charge in [0.15, 0.2) is 5.76 Å². The van der Waals surface area contributed by atoms with Gasteiger partial charge in [0.1, 0.15) is 23.9 Å². The highest BCUT2D eigenvalue weighted by atomic mass is 35.5. The van der Waals surface area contributed by atoms with E-state index in [-0.39, 0.29) is 30.7 Å². The highest BCUT2D eigenvalue weighted by Crippen LogP contribution is 2.20. The molecule has 0 spiro atoms. The zero-order chi connectivity index (χ0) is 16.9. The van der Waals surface area contributed by atoms with Gasteiger partial charge in [0, 0.05) is 13.1 Å². The smallest absolute Gasteiger partial charge is 0.289 e. The van der Waals surface area contributed by atoms with Crippen LogP contribution in [-0.2, 0) is 6.61 Å². The second kappa shape index (κ2) is 8.87. The molecule has 1 aromatic carbocycles. The number of rotatable bonds is 6. The van der Waals surface area contributed by atoms with Gasteiger partial charge in [-0.1, -0.05) is 0 Å². The van der Waals surface area contributed by atoms with E-state index in [1.165, 1.54) is 12.1 Å². The molecule has 1 aliphatic heterocycles. The highest BCUT2D eigenvalue weighted by molar-refractivity contribution is 5.91. The average Bonchev–Trinajstić information content (AvgIpc) is 3.24. The van der Waals surface area contributed by atoms with Gasteiger partial charge in [-0.3, -0.25) is 4.79 Å². The van der Waals surface area contributed by atoms with E-state index in [4.69, 9.17) is 9.15 Å². The molecule has 0 bridgehead atoms. The molecule has 2 heterocycles. The number of ether oxygens (including phenoxy) is 1. The van der Waals surface area contributed by atoms with Gasteiger partial charge in [0.25, 0.3) is 5.91 Å². The van der Waals surface area contributed by atoms with Gasteiger partial charge in [0.2, 0.25) is 0 Å². The van der Waals surface area contributed by atoms with Crippen molar-refractivity contribution in [3.05, 3.63) is 53.7 Å². The molecule has 1 amide bonds. The minimum atomic E-state index is -0.310. The van der Waals surface area contributed by atoms with Crippen molar-refractivity contribution in [2.45, 2.75) is 13.0 Å². The minimum Gasteiger partial charge on any atom is -0.486 e. The monoisotopic (exact) mass is 368 g/mol. The van der Waals surface area contributed by atoms with E-state index in [1.807, 2.05) is 11.9 Å². The molecule has 1 atom stereocenters. The molecule has 25 heavy (non-hydrogen) atoms. The number of carbonyl (C=O) groups is 1. The Hall–Kier alpha value is -2.05. The van der Waals surface area contributed by atoms with E-state index in [0.717, 1.165) is 26.1 Å². The molecular weight excluding hydrogens is 347 g/mol. The number of nitrogens with one attached hydrogen (secondary N) is 1. The number of hydrogen-bond donors (Lipinski definition) is 1. The Morgan fingerprint density at radius 2 is 2.08 bits per heavy atom. The van der Waals surface area contributed by atoms with Crippen LogP contribution in [0, 0.1) is 11.7 Å². The van der Waals surface area contributed by atoms with Crippen LogP contribution in [0.1, 0.15) is 22.7 Å². The van der Waals surface area contributed by atoms with Crippen LogP contribution in [0.25, 0.3) is 0 Å². The first-order valence-corrected chi connectivity index (χ1v) is 8.06. The number of likely N-dealkylation sites (tertiary alicyclic amines) is 1. The average molecular weight is 369 g/mol. The zero-order valence-corrected chi connectivity index (χ0v) is 14.9. The van der Waals surface area contributed by atoms with Crippen molar-refractivity contribution >= 4 is 18.3 Å². The van der Waals surface area contributed by atoms with Gasteiger partial charge in [0.05, 0.1) is 0 Å². The molecule has 0 saturated carbocycles. The molecular formula is C18H22ClFN2O3. The quantitative estimate of drug-likeness (QED) is 0.851. The Morgan fingerprint density at radius 3 is 2.80 bits per heavy atom. The molecule has 1 fully saturated rings. The van der Waals surface area contributed by atoms with Crippen LogP contribution in [0.4, 0.5) is 4.39 Å². The maximum atomic E-state index is 12.8. The van der Waals surface area contributed by atoms with E-state index in [9.17, 15) is 9.18 Å². The molecule has 0 aliphatic carbocycles. The summed E-state index contributed by atoms with van der Waals surface area (Å²) in [6.45, 7) is 2.62. The molecule has 7 heteroatoms. The van der Waals surface area contributed by atoms with Gasteiger partial charge >= 0.3 is 0 Å². The number of nitrogens with zero attached hydrogens (tertiary/aromatic N) is 1. The molecule has 0 radical (unpaired) electrons. The predicted molar refractivity (Wildman–Crippen MR) is 94.6 cm³/mol. The first-order valence-electron chi connectivity index (χ1n) is 8.06. The number of furan rings is 1. The summed E-state index contributed by atoms with van der Waals surface area (Å²) in [6.07, 6.45) is 1.01. The van der Waals surface area contributed by atoms with Gasteiger partial charge < -0.3 is 19.4 Å². The third-order valence-corrected chi connectivity index (χ3v) is 4.13. The summed E-state index contributed by atoms with van der Waals surface area (Å²) in [4.78, 5) is 14.3. The minimum absolute atomic E-state index is 0. The first kappa shape index (κ1) is 19.3. The number of halogens is 2. The highest BCUT2D eigenvalue weighted by Gasteiger charge is 2.28. The fraction of sp³-hybridized carbons (Fsp3) is 0.389. The largest absolute Gasteiger partial charge is 0.486 e. The number of benzene rings is 1. The molecule has 1 aliphatic rings. The van der Waals surface area contributed by atoms with Gasteiger partial charge in [-0.05, 0) is 62.3 Å². The summed E-state index contributed by atoms with van der Waals surface area (Å²) in [5, 5.41) is 3.15. The van der Waals surface area contributed by atoms with Crippen molar-refractivity contribution in [1.82, 2.24) is 10.2 Å². The van der Waals surface area contributed by atoms with Crippen molar-refractivity contribution in [3.8, 4) is 5.75 Å². The molecule has 1 saturated heterocycles. The Bertz CT molecular complexity index is 690. The van der Waals surface area contributed by atoms with Crippen molar-refractivity contribution < 1.29 is 18.3 Å². The van der Waals surface area contributed by atoms with Gasteiger partial charge in [-0.2, -0.15) is 0 Å². The predicted octanol–water partition coefficient (Wildman–Crippen LogP) is 3.10. The van der Waals surface area contributed by atoms with Crippen LogP contribution < -0.4 is 10.1 Å². The molecule has 3 rings (SSSR count). The van der Waals surface area contributed by atoms with Crippen molar-refractivity contribution in [2.75, 3.05) is 26.7 Å². The maximum absolute atomic E-state index is 12.8. The van der Waals surface area contributed by atoms with E-state index < -0.39 is 0 Å². The van der Waals surface area contributed by atoms with Crippen LogP contribution in [-0.4, -0.2) is 37.5 Å². The van der Waals surface area contributed by atoms with Gasteiger partial charge in [-0.25, -0.2) is 4.39 Å². The van der Waals surface area contributed by atoms with E-state index in [2.05, 4.69) is 5.32 Å². The van der Waals surface area contributed by atoms with Gasteiger partial charge in [-0.15, -0.1) is 12.4 Å². The topological polar surface area (TPSA) is 54.7 Å². The number of amides is 1. The maximum Gasteiger partial charge on any atom is 0.289 e. The Morgan fingerprint density at radius 1 is 1.32 bits per heavy atom. The number of hydrogen-bond acceptors (Lipinski definition) is 4. The van der Waals surface area contributed by atoms with Crippen LogP contribution in [0.5, 0.6) is 5.75 Å². The lowest BCUT2D eigenvalue weighted by Crippen LogP contribution is -2.30. The first-order chi connectivity index (χ1) is 11.7. The normalized spacial score (nSPS) is 16.6. The third-order valence-electron chi connectivity index (χ3n) is 4.13. The SMILES string of the molecule is CNCC1CCN(C(=O)c2ccc(COc3ccc(F)cc3)o2)C1.Cl. The summed E-state index contributed by atoms with van der Waals surface area (Å²) in [6, 6.07) is 9.19. The summed E-state index contributed by atoms with van der Waals surface area (Å²) in [5.74, 6) is 1.55. The summed E-state index contributed by atoms with van der Waals surface area (Å²) < 4.78 is 24.0. The van der Waals surface area contributed by atoms with E-state index >= 15 is 0 Å². The summed E-state index contributed by atoms with van der Waals surface area (Å²) >= 11 is 0. The fourth-order valence-corrected chi connectivity index (χ4v) is 2.88. The second-order valence-corrected chi connectivity index (χ2v) is 5.97. The molecule has 5 nitrogen and oxygen atoms in total. The Labute approximate surface area is 152 Å². The molecule has 2 aromatic rings. The molecule has 1 unspecified atom stereocenters. The number of carbonyl (C=O) groups excluding carboxylic acids is 1. The van der Waals surface area contributed by atoms with Crippen molar-refractivity contribution in [1.29, 1.82) is 0 Å².